The third-order valence-corrected chi connectivity index (χ3v) is 5.49. The summed E-state index contributed by atoms with van der Waals surface area (Å²) in [5, 5.41) is 9.41. The monoisotopic (exact) mass is 396 g/mol. The summed E-state index contributed by atoms with van der Waals surface area (Å²) in [5.74, 6) is 0.0632. The van der Waals surface area contributed by atoms with Gasteiger partial charge < -0.3 is 5.32 Å². The third kappa shape index (κ3) is 5.94. The van der Waals surface area contributed by atoms with Gasteiger partial charge in [-0.2, -0.15) is 0 Å². The molecule has 0 saturated carbocycles. The predicted octanol–water partition coefficient (Wildman–Crippen LogP) is 3.55. The van der Waals surface area contributed by atoms with E-state index in [-0.39, 0.29) is 11.7 Å². The Labute approximate surface area is 160 Å². The topological polar surface area (TPSA) is 76.0 Å². The Hall–Kier alpha value is -1.71. The number of para-hydroxylation sites is 1. The Morgan fingerprint density at radius 1 is 1.36 bits per heavy atom. The molecule has 2 aromatic rings. The van der Waals surface area contributed by atoms with Crippen LogP contribution < -0.4 is 10.6 Å². The lowest BCUT2D eigenvalue weighted by molar-refractivity contribution is -0.117. The molecule has 0 atom stereocenters. The Bertz CT molecular complexity index is 814. The van der Waals surface area contributed by atoms with Crippen molar-refractivity contribution in [1.29, 1.82) is 0 Å². The zero-order valence-electron chi connectivity index (χ0n) is 14.2. The van der Waals surface area contributed by atoms with E-state index in [0.29, 0.717) is 20.8 Å². The van der Waals surface area contributed by atoms with Crippen molar-refractivity contribution >= 4 is 47.3 Å². The van der Waals surface area contributed by atoms with Gasteiger partial charge in [-0.25, -0.2) is 9.48 Å². The molecular weight excluding hydrogens is 376 g/mol. The molecule has 1 heterocycles. The highest BCUT2D eigenvalue weighted by Crippen LogP contribution is 2.24. The van der Waals surface area contributed by atoms with Crippen molar-refractivity contribution < 1.29 is 9.59 Å². The number of hydrogen-bond acceptors (Lipinski definition) is 6. The third-order valence-electron chi connectivity index (χ3n) is 3.12. The van der Waals surface area contributed by atoms with Crippen molar-refractivity contribution in [3.05, 3.63) is 33.8 Å². The Morgan fingerprint density at radius 2 is 2.08 bits per heavy atom. The predicted molar refractivity (Wildman–Crippen MR) is 104 cm³/mol. The van der Waals surface area contributed by atoms with E-state index in [0.717, 1.165) is 11.3 Å². The normalized spacial score (nSPS) is 10.7. The number of urea groups is 1. The average molecular weight is 397 g/mol. The molecule has 0 fully saturated rings. The van der Waals surface area contributed by atoms with E-state index in [1.165, 1.54) is 23.1 Å². The van der Waals surface area contributed by atoms with E-state index >= 15 is 0 Å². The lowest BCUT2D eigenvalue weighted by Crippen LogP contribution is -2.41. The van der Waals surface area contributed by atoms with Gasteiger partial charge in [0.15, 0.2) is 8.29 Å². The van der Waals surface area contributed by atoms with E-state index in [4.69, 9.17) is 12.2 Å². The van der Waals surface area contributed by atoms with E-state index < -0.39 is 6.03 Å². The smallest absolute Gasteiger partial charge is 0.321 e. The summed E-state index contributed by atoms with van der Waals surface area (Å²) in [6.07, 6.45) is 0. The molecule has 0 saturated heterocycles. The Kier molecular flexibility index (Phi) is 7.15. The highest BCUT2D eigenvalue weighted by molar-refractivity contribution is 8.01. The molecule has 1 aromatic heterocycles. The minimum Gasteiger partial charge on any atom is -0.338 e. The number of carbonyl (C=O) groups excluding carboxylic acids is 2. The van der Waals surface area contributed by atoms with E-state index in [9.17, 15) is 9.59 Å². The fourth-order valence-corrected chi connectivity index (χ4v) is 4.05. The van der Waals surface area contributed by atoms with Gasteiger partial charge in [0, 0.05) is 6.54 Å². The number of aryl methyl sites for hydroxylation is 1. The number of thioether (sulfide) groups is 1. The highest BCUT2D eigenvalue weighted by Gasteiger charge is 2.12. The molecule has 25 heavy (non-hydrogen) atoms. The summed E-state index contributed by atoms with van der Waals surface area (Å²) in [5.41, 5.74) is 1.99. The van der Waals surface area contributed by atoms with Gasteiger partial charge in [0.05, 0.1) is 11.4 Å². The van der Waals surface area contributed by atoms with Gasteiger partial charge >= 0.3 is 6.03 Å². The van der Waals surface area contributed by atoms with Gasteiger partial charge in [-0.05, 0) is 36.7 Å². The number of rotatable bonds is 6. The lowest BCUT2D eigenvalue weighted by Gasteiger charge is -2.08. The summed E-state index contributed by atoms with van der Waals surface area (Å²) < 4.78 is 3.00. The van der Waals surface area contributed by atoms with Crippen molar-refractivity contribution in [1.82, 2.24) is 20.4 Å². The summed E-state index contributed by atoms with van der Waals surface area (Å²) in [6.45, 7) is 6.48. The number of hydrogen-bond donors (Lipinski definition) is 2. The standard InChI is InChI=1S/C16H20N4O2S3/c1-10(2)8-17-14(22)18-13(21)9-24-15-19-20(16(23)25-15)12-7-5-4-6-11(12)3/h4-7,10H,8-9H2,1-3H3,(H2,17,18,21,22). The van der Waals surface area contributed by atoms with Gasteiger partial charge in [0.1, 0.15) is 0 Å². The van der Waals surface area contributed by atoms with Crippen molar-refractivity contribution in [3.8, 4) is 5.69 Å². The average Bonchev–Trinajstić information content (AvgIpc) is 2.92. The van der Waals surface area contributed by atoms with Crippen LogP contribution in [0.15, 0.2) is 28.6 Å². The van der Waals surface area contributed by atoms with Crippen LogP contribution in [0, 0.1) is 16.8 Å². The van der Waals surface area contributed by atoms with Crippen LogP contribution in [0.25, 0.3) is 5.69 Å². The van der Waals surface area contributed by atoms with E-state index in [1.54, 1.807) is 4.68 Å². The second kappa shape index (κ2) is 9.12. The number of nitrogens with one attached hydrogen (secondary N) is 2. The van der Waals surface area contributed by atoms with Crippen molar-refractivity contribution in [2.45, 2.75) is 25.1 Å². The maximum absolute atomic E-state index is 11.8. The largest absolute Gasteiger partial charge is 0.338 e. The fraction of sp³-hybridized carbons (Fsp3) is 0.375. The molecule has 6 nitrogen and oxygen atoms in total. The maximum atomic E-state index is 11.8. The second-order valence-corrected chi connectivity index (χ2v) is 8.62. The Morgan fingerprint density at radius 3 is 2.76 bits per heavy atom. The molecule has 1 aromatic carbocycles. The number of nitrogens with zero attached hydrogens (tertiary/aromatic N) is 2. The summed E-state index contributed by atoms with van der Waals surface area (Å²) in [4.78, 5) is 23.4. The van der Waals surface area contributed by atoms with Crippen LogP contribution >= 0.6 is 35.3 Å². The van der Waals surface area contributed by atoms with E-state index in [2.05, 4.69) is 15.7 Å². The Balaban J connectivity index is 1.93. The molecule has 9 heteroatoms. The fourth-order valence-electron chi connectivity index (χ4n) is 1.90. The minimum atomic E-state index is -0.475. The quantitative estimate of drug-likeness (QED) is 0.577. The molecule has 0 radical (unpaired) electrons. The first-order valence-electron chi connectivity index (χ1n) is 7.73. The maximum Gasteiger partial charge on any atom is 0.321 e. The molecule has 0 unspecified atom stereocenters. The number of carbonyl (C=O) groups is 2. The molecule has 3 amide bonds. The molecule has 2 rings (SSSR count). The lowest BCUT2D eigenvalue weighted by atomic mass is 10.2. The number of amides is 3. The molecule has 0 spiro atoms. The molecule has 0 bridgehead atoms. The first-order chi connectivity index (χ1) is 11.9. The highest BCUT2D eigenvalue weighted by atomic mass is 32.2. The molecule has 2 N–H and O–H groups in total. The van der Waals surface area contributed by atoms with Gasteiger partial charge in [-0.15, -0.1) is 5.10 Å². The van der Waals surface area contributed by atoms with Crippen molar-refractivity contribution in [2.75, 3.05) is 12.3 Å². The molecule has 134 valence electrons. The van der Waals surface area contributed by atoms with Gasteiger partial charge in [-0.1, -0.05) is 55.1 Å². The summed E-state index contributed by atoms with van der Waals surface area (Å²) in [7, 11) is 0. The van der Waals surface area contributed by atoms with Gasteiger partial charge in [-0.3, -0.25) is 10.1 Å². The van der Waals surface area contributed by atoms with Crippen LogP contribution in [0.5, 0.6) is 0 Å². The van der Waals surface area contributed by atoms with Crippen LogP contribution in [0.4, 0.5) is 4.79 Å². The first-order valence-corrected chi connectivity index (χ1v) is 9.94. The number of aromatic nitrogens is 2. The van der Waals surface area contributed by atoms with Crippen LogP contribution in [0.2, 0.25) is 0 Å². The summed E-state index contributed by atoms with van der Waals surface area (Å²) in [6, 6.07) is 7.35. The van der Waals surface area contributed by atoms with Crippen molar-refractivity contribution in [3.63, 3.8) is 0 Å². The van der Waals surface area contributed by atoms with Crippen LogP contribution in [0.1, 0.15) is 19.4 Å². The van der Waals surface area contributed by atoms with Crippen LogP contribution in [0.3, 0.4) is 0 Å². The molecule has 0 aliphatic heterocycles. The molecule has 0 aliphatic carbocycles. The first kappa shape index (κ1) is 19.6. The number of benzene rings is 1. The second-order valence-electron chi connectivity index (χ2n) is 5.77. The van der Waals surface area contributed by atoms with Crippen LogP contribution in [-0.2, 0) is 4.79 Å². The molecular formula is C16H20N4O2S3. The number of imide groups is 1. The van der Waals surface area contributed by atoms with Gasteiger partial charge in [0.25, 0.3) is 0 Å². The summed E-state index contributed by atoms with van der Waals surface area (Å²) >= 11 is 7.96. The zero-order valence-corrected chi connectivity index (χ0v) is 16.7. The van der Waals surface area contributed by atoms with E-state index in [1.807, 2.05) is 45.0 Å². The SMILES string of the molecule is Cc1ccccc1-n1nc(SCC(=O)NC(=O)NCC(C)C)sc1=S. The van der Waals surface area contributed by atoms with Gasteiger partial charge in [0.2, 0.25) is 5.91 Å². The molecule has 0 aliphatic rings. The van der Waals surface area contributed by atoms with Crippen molar-refractivity contribution in [2.24, 2.45) is 5.92 Å². The minimum absolute atomic E-state index is 0.102. The van der Waals surface area contributed by atoms with Crippen LogP contribution in [-0.4, -0.2) is 34.0 Å². The zero-order chi connectivity index (χ0) is 18.4.